The number of ether oxygens (including phenoxy) is 4. The zero-order chi connectivity index (χ0) is 57.1. The van der Waals surface area contributed by atoms with Gasteiger partial charge in [-0.05, 0) is 181 Å². The summed E-state index contributed by atoms with van der Waals surface area (Å²) in [6, 6.07) is 26.6. The van der Waals surface area contributed by atoms with Crippen molar-refractivity contribution in [3.05, 3.63) is 176 Å². The number of aliphatic hydroxyl groups excluding tert-OH is 2. The highest BCUT2D eigenvalue weighted by Gasteiger charge is 2.62. The van der Waals surface area contributed by atoms with Crippen molar-refractivity contribution >= 4 is 22.7 Å². The zero-order valence-corrected chi connectivity index (χ0v) is 48.3. The molecule has 1 saturated heterocycles. The Balaban J connectivity index is 0.920. The lowest BCUT2D eigenvalue weighted by atomic mass is 9.46. The largest absolute Gasteiger partial charge is 0.508 e. The number of hydrogen-bond acceptors (Lipinski definition) is 11. The maximum atomic E-state index is 12.4. The maximum Gasteiger partial charge on any atom is 0.164 e. The number of aromatic hydroxyl groups is 3. The molecule has 6 heterocycles. The van der Waals surface area contributed by atoms with Gasteiger partial charge in [-0.2, -0.15) is 0 Å². The van der Waals surface area contributed by atoms with E-state index in [0.717, 1.165) is 119 Å². The number of aromatic nitrogens is 1. The van der Waals surface area contributed by atoms with E-state index >= 15 is 0 Å². The van der Waals surface area contributed by atoms with E-state index in [1.165, 1.54) is 41.5 Å². The summed E-state index contributed by atoms with van der Waals surface area (Å²) in [7, 11) is 1.69. The van der Waals surface area contributed by atoms with Gasteiger partial charge in [0.1, 0.15) is 30.1 Å². The number of aryl methyl sites for hydroxylation is 2. The molecule has 8 atom stereocenters. The van der Waals surface area contributed by atoms with Crippen LogP contribution in [-0.2, 0) is 64.9 Å². The Labute approximate surface area is 493 Å². The van der Waals surface area contributed by atoms with Crippen LogP contribution in [0.4, 0.5) is 0 Å². The van der Waals surface area contributed by atoms with Gasteiger partial charge in [0.15, 0.2) is 11.5 Å². The van der Waals surface area contributed by atoms with Crippen molar-refractivity contribution in [2.45, 2.75) is 152 Å². The normalized spacial score (nSPS) is 26.8. The number of rotatable bonds is 10. The highest BCUT2D eigenvalue weighted by Crippen LogP contribution is 2.64. The van der Waals surface area contributed by atoms with Gasteiger partial charge >= 0.3 is 0 Å². The molecule has 1 saturated carbocycles. The summed E-state index contributed by atoms with van der Waals surface area (Å²) in [6.07, 6.45) is 24.7. The Morgan fingerprint density at radius 1 is 0.845 bits per heavy atom. The Kier molecular flexibility index (Phi) is 15.0. The van der Waals surface area contributed by atoms with Gasteiger partial charge in [0.25, 0.3) is 0 Å². The third-order valence-corrected chi connectivity index (χ3v) is 20.7. The minimum absolute atomic E-state index is 0.0234. The second kappa shape index (κ2) is 22.9. The van der Waals surface area contributed by atoms with Crippen LogP contribution in [-0.4, -0.2) is 81.1 Å². The molecule has 5 aliphatic heterocycles. The summed E-state index contributed by atoms with van der Waals surface area (Å²) in [5.41, 5.74) is 13.1. The van der Waals surface area contributed by atoms with E-state index < -0.39 is 6.10 Å². The van der Waals surface area contributed by atoms with Gasteiger partial charge in [0, 0.05) is 76.6 Å². The van der Waals surface area contributed by atoms with E-state index in [2.05, 4.69) is 94.1 Å². The predicted octanol–water partition coefficient (Wildman–Crippen LogP) is 11.6. The van der Waals surface area contributed by atoms with Gasteiger partial charge in [-0.25, -0.2) is 0 Å². The van der Waals surface area contributed by atoms with Crippen molar-refractivity contribution < 1.29 is 44.5 Å². The zero-order valence-electron chi connectivity index (χ0n) is 48.3. The molecule has 0 amide bonds. The van der Waals surface area contributed by atoms with E-state index in [4.69, 9.17) is 18.9 Å². The van der Waals surface area contributed by atoms with Crippen LogP contribution in [0.15, 0.2) is 115 Å². The average Bonchev–Trinajstić information content (AvgIpc) is 0.984. The first-order valence-electron chi connectivity index (χ1n) is 31.1. The van der Waals surface area contributed by atoms with Gasteiger partial charge in [-0.15, -0.1) is 0 Å². The number of hydrogen-bond donors (Lipinski definition) is 7. The Hall–Kier alpha value is -6.82. The molecule has 12 nitrogen and oxygen atoms in total. The van der Waals surface area contributed by atoms with E-state index in [1.807, 2.05) is 18.2 Å². The lowest BCUT2D eigenvalue weighted by Crippen LogP contribution is -2.63. The molecular formula is C72H79N3O9. The molecule has 1 aromatic heterocycles. The molecule has 15 rings (SSSR count). The van der Waals surface area contributed by atoms with E-state index in [1.54, 1.807) is 31.4 Å². The molecule has 7 N–H and O–H groups in total. The third-order valence-electron chi connectivity index (χ3n) is 20.7. The fourth-order valence-electron chi connectivity index (χ4n) is 16.6. The van der Waals surface area contributed by atoms with Gasteiger partial charge in [0.2, 0.25) is 0 Å². The lowest BCUT2D eigenvalue weighted by Gasteiger charge is -2.62. The van der Waals surface area contributed by atoms with Gasteiger partial charge in [-0.1, -0.05) is 91.8 Å². The van der Waals surface area contributed by atoms with Crippen LogP contribution < -0.4 is 15.4 Å². The van der Waals surface area contributed by atoms with Crippen molar-refractivity contribution in [3.8, 4) is 34.8 Å². The number of nitrogens with zero attached hydrogens (tertiary/aromatic N) is 1. The molecular weight excluding hydrogens is 1050 g/mol. The molecule has 2 fully saturated rings. The summed E-state index contributed by atoms with van der Waals surface area (Å²) < 4.78 is 29.4. The molecule has 8 unspecified atom stereocenters. The van der Waals surface area contributed by atoms with E-state index in [9.17, 15) is 25.5 Å². The first kappa shape index (κ1) is 55.1. The number of methoxy groups -OCH3 is 1. The molecule has 6 aromatic rings. The third kappa shape index (κ3) is 10.0. The van der Waals surface area contributed by atoms with Crippen LogP contribution in [0.2, 0.25) is 0 Å². The highest BCUT2D eigenvalue weighted by atomic mass is 16.5. The number of aliphatic hydroxyl groups is 2. The van der Waals surface area contributed by atoms with Gasteiger partial charge in [0.05, 0.1) is 44.4 Å². The van der Waals surface area contributed by atoms with Crippen LogP contribution in [0.1, 0.15) is 138 Å². The molecule has 8 bridgehead atoms. The fourth-order valence-corrected chi connectivity index (χ4v) is 16.6. The van der Waals surface area contributed by atoms with Crippen molar-refractivity contribution in [2.75, 3.05) is 27.1 Å². The van der Waals surface area contributed by atoms with Crippen molar-refractivity contribution in [1.82, 2.24) is 15.2 Å². The van der Waals surface area contributed by atoms with E-state index in [0.29, 0.717) is 56.8 Å². The standard InChI is InChI=1S/C72H79N3O9/c1-81-43-73-67-35-49-18-16-44(14-15-45-17-24-63(78)51(28-45)29-46-9-5-12-57(77)30-46)8-6-13-58-36-64(79)50-20-23-59-60(33-50)53(39-76)34-65(80)69(59)83-40-54-32-56(31-52-37-75(38-61(52)54)70(74-67)62(49)42-82-58)72-55-22-19-47-10-7-11-48(68(47)72)21-25-66(72)71(84-41-55)26-3-2-4-27-71/h5,7,9-12,17,19,22,24,28,30-32,34-35,37-38,44,50,55,58,64,66-67,73-74,76-80H,2-4,6,8,13-15,20-21,23,25-27,29,33,36,39-43H2,1H3. The summed E-state index contributed by atoms with van der Waals surface area (Å²) in [5.74, 6) is 9.64. The number of phenolic OH excluding ortho intramolecular Hbond substituents is 3. The Bertz CT molecular complexity index is 3670. The van der Waals surface area contributed by atoms with Crippen LogP contribution in [0.5, 0.6) is 23.0 Å². The fraction of sp³-hybridized carbons (Fsp3) is 0.444. The Morgan fingerprint density at radius 2 is 1.74 bits per heavy atom. The number of benzene rings is 5. The summed E-state index contributed by atoms with van der Waals surface area (Å²) >= 11 is 0. The predicted molar refractivity (Wildman–Crippen MR) is 325 cm³/mol. The first-order chi connectivity index (χ1) is 41.1. The molecule has 1 spiro atoms. The quantitative estimate of drug-likeness (QED) is 0.0515. The van der Waals surface area contributed by atoms with Crippen molar-refractivity contribution in [3.63, 3.8) is 0 Å². The Morgan fingerprint density at radius 3 is 2.61 bits per heavy atom. The molecule has 4 aliphatic carbocycles. The molecule has 436 valence electrons. The van der Waals surface area contributed by atoms with Gasteiger partial charge < -0.3 is 54.4 Å². The van der Waals surface area contributed by atoms with Crippen LogP contribution in [0.3, 0.4) is 0 Å². The average molecular weight is 1130 g/mol. The summed E-state index contributed by atoms with van der Waals surface area (Å²) in [5, 5.41) is 65.9. The molecule has 9 aliphatic rings. The molecule has 5 aromatic carbocycles. The monoisotopic (exact) mass is 1130 g/mol. The summed E-state index contributed by atoms with van der Waals surface area (Å²) in [6.45, 7) is 1.19. The second-order valence-corrected chi connectivity index (χ2v) is 25.5. The smallest absolute Gasteiger partial charge is 0.164 e. The number of phenols is 3. The maximum absolute atomic E-state index is 12.4. The molecule has 84 heavy (non-hydrogen) atoms. The minimum atomic E-state index is -0.678. The number of nitrogens with one attached hydrogen (secondary N) is 2. The van der Waals surface area contributed by atoms with Crippen LogP contribution in [0, 0.1) is 35.5 Å². The molecule has 12 heteroatoms. The van der Waals surface area contributed by atoms with Crippen LogP contribution in [0.25, 0.3) is 22.7 Å². The number of dihydropyridines is 1. The first-order valence-corrected chi connectivity index (χ1v) is 31.1. The number of fused-ring (bicyclic) bond motifs is 4. The summed E-state index contributed by atoms with van der Waals surface area (Å²) in [4.78, 5) is 0. The second-order valence-electron chi connectivity index (χ2n) is 25.5. The lowest BCUT2D eigenvalue weighted by molar-refractivity contribution is -0.182. The van der Waals surface area contributed by atoms with Crippen molar-refractivity contribution in [1.29, 1.82) is 0 Å². The topological polar surface area (TPSA) is 167 Å². The molecule has 0 radical (unpaired) electrons. The van der Waals surface area contributed by atoms with Crippen molar-refractivity contribution in [2.24, 2.45) is 23.7 Å². The minimum Gasteiger partial charge on any atom is -0.508 e. The highest BCUT2D eigenvalue weighted by molar-refractivity contribution is 5.89. The SMILES string of the molecule is COCNC1C=C2C#CC(CCc3ccc(O)c(Cc4cccc(O)c4)c3)CCCC3CC(O)C4CCc5c(c(CO)cc(O)c5OCc5cc(C67c8c9cccc8CCC6C6(CCCCC6)OCC7C=C9)cc6cn(cc56)C(=C2CO3)N1)C4. The van der Waals surface area contributed by atoms with E-state index in [-0.39, 0.29) is 84.0 Å². The van der Waals surface area contributed by atoms with Gasteiger partial charge in [-0.3, -0.25) is 5.32 Å². The van der Waals surface area contributed by atoms with Crippen LogP contribution >= 0.6 is 0 Å².